The summed E-state index contributed by atoms with van der Waals surface area (Å²) in [6.07, 6.45) is 4.12. The summed E-state index contributed by atoms with van der Waals surface area (Å²) in [5.41, 5.74) is -0.734. The summed E-state index contributed by atoms with van der Waals surface area (Å²) in [5.74, 6) is 0.170. The smallest absolute Gasteiger partial charge is 0.240 e. The van der Waals surface area contributed by atoms with Crippen molar-refractivity contribution >= 4 is 5.91 Å². The normalized spacial score (nSPS) is 19.3. The fourth-order valence-corrected chi connectivity index (χ4v) is 1.83. The second kappa shape index (κ2) is 5.86. The first-order valence-electron chi connectivity index (χ1n) is 5.95. The fraction of sp³-hybridized carbons (Fsp3) is 0.833. The van der Waals surface area contributed by atoms with Crippen molar-refractivity contribution < 1.29 is 9.90 Å². The molecule has 1 aliphatic carbocycles. The number of nitriles is 1. The first-order chi connectivity index (χ1) is 7.64. The molecule has 0 aromatic carbocycles. The predicted octanol–water partition coefficient (Wildman–Crippen LogP) is 1.21. The molecule has 1 atom stereocenters. The lowest BCUT2D eigenvalue weighted by Gasteiger charge is -2.33. The quantitative estimate of drug-likeness (QED) is 0.666. The zero-order valence-corrected chi connectivity index (χ0v) is 9.83. The molecule has 16 heavy (non-hydrogen) atoms. The Kier molecular flexibility index (Phi) is 4.75. The maximum absolute atomic E-state index is 11.7. The van der Waals surface area contributed by atoms with Crippen LogP contribution in [0.1, 0.15) is 39.0 Å². The number of aliphatic hydroxyl groups is 1. The van der Waals surface area contributed by atoms with Crippen molar-refractivity contribution in [1.82, 2.24) is 5.32 Å². The molecule has 4 heteroatoms. The van der Waals surface area contributed by atoms with Crippen LogP contribution in [0.5, 0.6) is 0 Å². The predicted molar refractivity (Wildman–Crippen MR) is 60.4 cm³/mol. The zero-order chi connectivity index (χ0) is 12.0. The first-order valence-corrected chi connectivity index (χ1v) is 5.95. The van der Waals surface area contributed by atoms with Gasteiger partial charge in [-0.25, -0.2) is 0 Å². The van der Waals surface area contributed by atoms with E-state index in [0.29, 0.717) is 19.4 Å². The van der Waals surface area contributed by atoms with E-state index >= 15 is 0 Å². The number of hydrogen-bond acceptors (Lipinski definition) is 3. The van der Waals surface area contributed by atoms with E-state index in [-0.39, 0.29) is 18.4 Å². The highest BCUT2D eigenvalue weighted by Gasteiger charge is 2.44. The SMILES string of the molecule is CC(CO)CCCNC(=O)C1(C#N)CCC1. The summed E-state index contributed by atoms with van der Waals surface area (Å²) in [4.78, 5) is 11.7. The zero-order valence-electron chi connectivity index (χ0n) is 9.83. The molecule has 2 N–H and O–H groups in total. The molecule has 0 aliphatic heterocycles. The number of carbonyl (C=O) groups excluding carboxylic acids is 1. The van der Waals surface area contributed by atoms with Crippen LogP contribution >= 0.6 is 0 Å². The Bertz CT molecular complexity index is 279. The minimum Gasteiger partial charge on any atom is -0.396 e. The van der Waals surface area contributed by atoms with E-state index in [0.717, 1.165) is 19.3 Å². The Labute approximate surface area is 96.6 Å². The number of nitrogens with zero attached hydrogens (tertiary/aromatic N) is 1. The second-order valence-electron chi connectivity index (χ2n) is 4.73. The molecule has 1 saturated carbocycles. The van der Waals surface area contributed by atoms with Crippen molar-refractivity contribution in [2.45, 2.75) is 39.0 Å². The van der Waals surface area contributed by atoms with Gasteiger partial charge in [0.25, 0.3) is 0 Å². The van der Waals surface area contributed by atoms with Crippen LogP contribution in [-0.4, -0.2) is 24.2 Å². The number of carbonyl (C=O) groups is 1. The van der Waals surface area contributed by atoms with Gasteiger partial charge in [-0.3, -0.25) is 4.79 Å². The van der Waals surface area contributed by atoms with Crippen molar-refractivity contribution in [3.8, 4) is 6.07 Å². The molecule has 0 spiro atoms. The molecule has 1 unspecified atom stereocenters. The minimum absolute atomic E-state index is 0.113. The van der Waals surface area contributed by atoms with Crippen LogP contribution in [0.15, 0.2) is 0 Å². The molecule has 90 valence electrons. The van der Waals surface area contributed by atoms with Crippen LogP contribution in [0, 0.1) is 22.7 Å². The Morgan fingerprint density at radius 2 is 2.31 bits per heavy atom. The van der Waals surface area contributed by atoms with Gasteiger partial charge in [-0.05, 0) is 38.0 Å². The van der Waals surface area contributed by atoms with Gasteiger partial charge >= 0.3 is 0 Å². The van der Waals surface area contributed by atoms with Gasteiger partial charge in [-0.1, -0.05) is 6.92 Å². The van der Waals surface area contributed by atoms with Gasteiger partial charge in [0.05, 0.1) is 6.07 Å². The van der Waals surface area contributed by atoms with Crippen molar-refractivity contribution in [2.75, 3.05) is 13.2 Å². The number of amides is 1. The number of rotatable bonds is 6. The van der Waals surface area contributed by atoms with E-state index in [1.165, 1.54) is 0 Å². The van der Waals surface area contributed by atoms with Crippen molar-refractivity contribution in [3.05, 3.63) is 0 Å². The van der Waals surface area contributed by atoms with Gasteiger partial charge in [0.1, 0.15) is 5.41 Å². The third-order valence-corrected chi connectivity index (χ3v) is 3.33. The summed E-state index contributed by atoms with van der Waals surface area (Å²) in [6.45, 7) is 2.77. The maximum Gasteiger partial charge on any atom is 0.240 e. The number of nitrogens with one attached hydrogen (secondary N) is 1. The van der Waals surface area contributed by atoms with E-state index in [2.05, 4.69) is 11.4 Å². The third kappa shape index (κ3) is 2.96. The average Bonchev–Trinajstić information content (AvgIpc) is 2.23. The van der Waals surface area contributed by atoms with Gasteiger partial charge in [0.2, 0.25) is 5.91 Å². The first kappa shape index (κ1) is 13.0. The largest absolute Gasteiger partial charge is 0.396 e. The minimum atomic E-state index is -0.734. The van der Waals surface area contributed by atoms with Crippen LogP contribution in [0.4, 0.5) is 0 Å². The summed E-state index contributed by atoms with van der Waals surface area (Å²) < 4.78 is 0. The lowest BCUT2D eigenvalue weighted by atomic mass is 9.69. The Morgan fingerprint density at radius 3 is 2.75 bits per heavy atom. The fourth-order valence-electron chi connectivity index (χ4n) is 1.83. The van der Waals surface area contributed by atoms with Crippen LogP contribution in [0.3, 0.4) is 0 Å². The van der Waals surface area contributed by atoms with E-state index < -0.39 is 5.41 Å². The Hall–Kier alpha value is -1.08. The van der Waals surface area contributed by atoms with Crippen LogP contribution in [0.25, 0.3) is 0 Å². The molecule has 0 aromatic rings. The molecule has 0 bridgehead atoms. The van der Waals surface area contributed by atoms with Gasteiger partial charge < -0.3 is 10.4 Å². The summed E-state index contributed by atoms with van der Waals surface area (Å²) in [7, 11) is 0. The third-order valence-electron chi connectivity index (χ3n) is 3.33. The lowest BCUT2D eigenvalue weighted by molar-refractivity contribution is -0.131. The van der Waals surface area contributed by atoms with Crippen molar-refractivity contribution in [2.24, 2.45) is 11.3 Å². The molecule has 1 aliphatic rings. The molecule has 0 saturated heterocycles. The van der Waals surface area contributed by atoms with E-state index in [1.807, 2.05) is 6.92 Å². The van der Waals surface area contributed by atoms with Gasteiger partial charge in [-0.15, -0.1) is 0 Å². The lowest BCUT2D eigenvalue weighted by Crippen LogP contribution is -2.44. The van der Waals surface area contributed by atoms with Crippen molar-refractivity contribution in [1.29, 1.82) is 5.26 Å². The molecular formula is C12H20N2O2. The van der Waals surface area contributed by atoms with E-state index in [4.69, 9.17) is 10.4 Å². The molecule has 1 rings (SSSR count). The highest BCUT2D eigenvalue weighted by Crippen LogP contribution is 2.40. The van der Waals surface area contributed by atoms with Crippen LogP contribution in [-0.2, 0) is 4.79 Å². The topological polar surface area (TPSA) is 73.1 Å². The van der Waals surface area contributed by atoms with Crippen LogP contribution < -0.4 is 5.32 Å². The summed E-state index contributed by atoms with van der Waals surface area (Å²) >= 11 is 0. The highest BCUT2D eigenvalue weighted by molar-refractivity contribution is 5.86. The van der Waals surface area contributed by atoms with E-state index in [1.54, 1.807) is 0 Å². The summed E-state index contributed by atoms with van der Waals surface area (Å²) in [6, 6.07) is 2.12. The molecule has 0 aromatic heterocycles. The van der Waals surface area contributed by atoms with Crippen LogP contribution in [0.2, 0.25) is 0 Å². The highest BCUT2D eigenvalue weighted by atomic mass is 16.3. The Morgan fingerprint density at radius 1 is 1.62 bits per heavy atom. The number of hydrogen-bond donors (Lipinski definition) is 2. The average molecular weight is 224 g/mol. The van der Waals surface area contributed by atoms with Gasteiger partial charge in [0, 0.05) is 13.2 Å². The monoisotopic (exact) mass is 224 g/mol. The molecule has 0 radical (unpaired) electrons. The maximum atomic E-state index is 11.7. The Balaban J connectivity index is 2.18. The van der Waals surface area contributed by atoms with E-state index in [9.17, 15) is 4.79 Å². The number of aliphatic hydroxyl groups excluding tert-OH is 1. The van der Waals surface area contributed by atoms with Gasteiger partial charge in [0.15, 0.2) is 0 Å². The second-order valence-corrected chi connectivity index (χ2v) is 4.73. The molecule has 4 nitrogen and oxygen atoms in total. The van der Waals surface area contributed by atoms with Crippen molar-refractivity contribution in [3.63, 3.8) is 0 Å². The molecule has 0 heterocycles. The molecular weight excluding hydrogens is 204 g/mol. The standard InChI is InChI=1S/C12H20N2O2/c1-10(8-15)4-2-7-14-11(16)12(9-13)5-3-6-12/h10,15H,2-8H2,1H3,(H,14,16). The molecule has 1 amide bonds. The summed E-state index contributed by atoms with van der Waals surface area (Å²) in [5, 5.41) is 20.6. The van der Waals surface area contributed by atoms with Gasteiger partial charge in [-0.2, -0.15) is 5.26 Å². The molecule has 1 fully saturated rings.